The van der Waals surface area contributed by atoms with Gasteiger partial charge in [0.25, 0.3) is 11.6 Å². The Bertz CT molecular complexity index is 560. The quantitative estimate of drug-likeness (QED) is 0.578. The summed E-state index contributed by atoms with van der Waals surface area (Å²) in [6, 6.07) is 5.22. The number of hydrogen-bond donors (Lipinski definition) is 1. The molecule has 0 bridgehead atoms. The molecule has 0 saturated heterocycles. The molecule has 0 spiro atoms. The highest BCUT2D eigenvalue weighted by molar-refractivity contribution is 5.82. The molecule has 0 aliphatic rings. The number of amides is 1. The molecule has 0 saturated carbocycles. The molecule has 1 amide bonds. The number of aliphatic carboxylic acids is 1. The number of benzene rings is 1. The third-order valence-corrected chi connectivity index (χ3v) is 3.14. The normalized spacial score (nSPS) is 11.5. The van der Waals surface area contributed by atoms with E-state index in [9.17, 15) is 19.7 Å². The summed E-state index contributed by atoms with van der Waals surface area (Å²) in [5.74, 6) is -1.41. The summed E-state index contributed by atoms with van der Waals surface area (Å²) in [5.41, 5.74) is -0.144. The van der Waals surface area contributed by atoms with Gasteiger partial charge in [-0.05, 0) is 19.4 Å². The Labute approximate surface area is 127 Å². The lowest BCUT2D eigenvalue weighted by molar-refractivity contribution is -0.384. The van der Waals surface area contributed by atoms with Crippen LogP contribution in [0.2, 0.25) is 0 Å². The van der Waals surface area contributed by atoms with Gasteiger partial charge in [-0.3, -0.25) is 19.7 Å². The third kappa shape index (κ3) is 5.04. The van der Waals surface area contributed by atoms with Crippen molar-refractivity contribution in [2.24, 2.45) is 0 Å². The second-order valence-corrected chi connectivity index (χ2v) is 4.72. The maximum atomic E-state index is 12.1. The third-order valence-electron chi connectivity index (χ3n) is 3.14. The number of ether oxygens (including phenoxy) is 1. The number of carbonyl (C=O) groups excluding carboxylic acids is 1. The zero-order valence-electron chi connectivity index (χ0n) is 12.4. The second kappa shape index (κ2) is 7.96. The van der Waals surface area contributed by atoms with E-state index in [4.69, 9.17) is 9.84 Å². The molecule has 1 N–H and O–H groups in total. The van der Waals surface area contributed by atoms with Crippen molar-refractivity contribution in [2.45, 2.75) is 26.3 Å². The summed E-state index contributed by atoms with van der Waals surface area (Å²) in [7, 11) is 0. The molecule has 8 nitrogen and oxygen atoms in total. The first-order valence-corrected chi connectivity index (χ1v) is 6.73. The van der Waals surface area contributed by atoms with E-state index in [1.54, 1.807) is 6.92 Å². The maximum Gasteiger partial charge on any atom is 0.323 e. The standard InChI is InChI=1S/C14H18N2O6/c1-3-10(2)15(8-14(18)19)13(17)9-22-12-6-4-5-11(7-12)16(20)21/h4-7,10H,3,8-9H2,1-2H3,(H,18,19). The minimum Gasteiger partial charge on any atom is -0.484 e. The van der Waals surface area contributed by atoms with Crippen LogP contribution in [0, 0.1) is 10.1 Å². The molecule has 0 aliphatic carbocycles. The smallest absolute Gasteiger partial charge is 0.323 e. The average molecular weight is 310 g/mol. The van der Waals surface area contributed by atoms with E-state index in [-0.39, 0.29) is 24.1 Å². The van der Waals surface area contributed by atoms with Crippen LogP contribution in [0.25, 0.3) is 0 Å². The SMILES string of the molecule is CCC(C)N(CC(=O)O)C(=O)COc1cccc([N+](=O)[O-])c1. The number of hydrogen-bond acceptors (Lipinski definition) is 5. The summed E-state index contributed by atoms with van der Waals surface area (Å²) in [4.78, 5) is 34.2. The van der Waals surface area contributed by atoms with Crippen molar-refractivity contribution in [3.05, 3.63) is 34.4 Å². The van der Waals surface area contributed by atoms with E-state index in [0.29, 0.717) is 6.42 Å². The van der Waals surface area contributed by atoms with Gasteiger partial charge in [0, 0.05) is 12.1 Å². The molecule has 0 heterocycles. The topological polar surface area (TPSA) is 110 Å². The number of non-ortho nitro benzene ring substituents is 1. The molecular formula is C14H18N2O6. The number of carboxylic acid groups (broad SMARTS) is 1. The van der Waals surface area contributed by atoms with Gasteiger partial charge < -0.3 is 14.7 Å². The molecule has 8 heteroatoms. The number of carbonyl (C=O) groups is 2. The monoisotopic (exact) mass is 310 g/mol. The molecule has 0 aliphatic heterocycles. The molecule has 1 atom stereocenters. The van der Waals surface area contributed by atoms with E-state index in [0.717, 1.165) is 0 Å². The molecule has 1 aromatic carbocycles. The van der Waals surface area contributed by atoms with Gasteiger partial charge in [0.1, 0.15) is 12.3 Å². The second-order valence-electron chi connectivity index (χ2n) is 4.72. The fourth-order valence-corrected chi connectivity index (χ4v) is 1.77. The van der Waals surface area contributed by atoms with Gasteiger partial charge in [-0.15, -0.1) is 0 Å². The van der Waals surface area contributed by atoms with Crippen molar-refractivity contribution in [3.63, 3.8) is 0 Å². The number of carboxylic acids is 1. The minimum absolute atomic E-state index is 0.144. The molecule has 1 unspecified atom stereocenters. The summed E-state index contributed by atoms with van der Waals surface area (Å²) >= 11 is 0. The van der Waals surface area contributed by atoms with E-state index in [1.165, 1.54) is 29.2 Å². The van der Waals surface area contributed by atoms with E-state index in [1.807, 2.05) is 6.92 Å². The van der Waals surface area contributed by atoms with Crippen LogP contribution in [-0.2, 0) is 9.59 Å². The Balaban J connectivity index is 2.72. The number of rotatable bonds is 8. The molecule has 1 rings (SSSR count). The van der Waals surface area contributed by atoms with Crippen LogP contribution in [-0.4, -0.2) is 46.0 Å². The molecule has 0 aromatic heterocycles. The zero-order valence-corrected chi connectivity index (χ0v) is 12.4. The lowest BCUT2D eigenvalue weighted by atomic mass is 10.2. The van der Waals surface area contributed by atoms with Crippen LogP contribution < -0.4 is 4.74 Å². The van der Waals surface area contributed by atoms with Crippen LogP contribution in [0.3, 0.4) is 0 Å². The van der Waals surface area contributed by atoms with E-state index < -0.39 is 23.3 Å². The predicted octanol–water partition coefficient (Wildman–Crippen LogP) is 1.69. The molecule has 22 heavy (non-hydrogen) atoms. The van der Waals surface area contributed by atoms with Gasteiger partial charge in [0.2, 0.25) is 0 Å². The molecule has 1 aromatic rings. The van der Waals surface area contributed by atoms with Crippen molar-refractivity contribution in [1.82, 2.24) is 4.90 Å². The lowest BCUT2D eigenvalue weighted by Crippen LogP contribution is -2.44. The van der Waals surface area contributed by atoms with Crippen molar-refractivity contribution in [1.29, 1.82) is 0 Å². The largest absolute Gasteiger partial charge is 0.484 e. The van der Waals surface area contributed by atoms with Crippen LogP contribution in [0.1, 0.15) is 20.3 Å². The van der Waals surface area contributed by atoms with Crippen LogP contribution in [0.15, 0.2) is 24.3 Å². The van der Waals surface area contributed by atoms with E-state index >= 15 is 0 Å². The Morgan fingerprint density at radius 3 is 2.68 bits per heavy atom. The first-order valence-electron chi connectivity index (χ1n) is 6.73. The fraction of sp³-hybridized carbons (Fsp3) is 0.429. The number of nitro groups is 1. The lowest BCUT2D eigenvalue weighted by Gasteiger charge is -2.26. The Kier molecular flexibility index (Phi) is 6.30. The first-order chi connectivity index (χ1) is 10.3. The molecule has 120 valence electrons. The van der Waals surface area contributed by atoms with Crippen molar-refractivity contribution < 1.29 is 24.4 Å². The Hall–Kier alpha value is -2.64. The molecular weight excluding hydrogens is 292 g/mol. The van der Waals surface area contributed by atoms with Crippen LogP contribution in [0.5, 0.6) is 5.75 Å². The van der Waals surface area contributed by atoms with Gasteiger partial charge >= 0.3 is 5.97 Å². The zero-order chi connectivity index (χ0) is 16.7. The van der Waals surface area contributed by atoms with Gasteiger partial charge in [-0.25, -0.2) is 0 Å². The fourth-order valence-electron chi connectivity index (χ4n) is 1.77. The molecule has 0 fully saturated rings. The highest BCUT2D eigenvalue weighted by Crippen LogP contribution is 2.19. The van der Waals surface area contributed by atoms with Gasteiger partial charge in [0.05, 0.1) is 11.0 Å². The summed E-state index contributed by atoms with van der Waals surface area (Å²) in [5, 5.41) is 19.5. The van der Waals surface area contributed by atoms with Crippen molar-refractivity contribution >= 4 is 17.6 Å². The Morgan fingerprint density at radius 1 is 1.45 bits per heavy atom. The van der Waals surface area contributed by atoms with Gasteiger partial charge in [-0.2, -0.15) is 0 Å². The average Bonchev–Trinajstić information content (AvgIpc) is 2.49. The molecule has 0 radical (unpaired) electrons. The number of nitro benzene ring substituents is 1. The van der Waals surface area contributed by atoms with Gasteiger partial charge in [0.15, 0.2) is 6.61 Å². The van der Waals surface area contributed by atoms with E-state index in [2.05, 4.69) is 0 Å². The number of nitrogens with zero attached hydrogens (tertiary/aromatic N) is 2. The Morgan fingerprint density at radius 2 is 2.14 bits per heavy atom. The summed E-state index contributed by atoms with van der Waals surface area (Å²) < 4.78 is 5.23. The minimum atomic E-state index is -1.11. The van der Waals surface area contributed by atoms with Crippen LogP contribution >= 0.6 is 0 Å². The highest BCUT2D eigenvalue weighted by atomic mass is 16.6. The predicted molar refractivity (Wildman–Crippen MR) is 77.7 cm³/mol. The van der Waals surface area contributed by atoms with Crippen molar-refractivity contribution in [2.75, 3.05) is 13.2 Å². The first kappa shape index (κ1) is 17.4. The summed E-state index contributed by atoms with van der Waals surface area (Å²) in [6.45, 7) is 2.80. The van der Waals surface area contributed by atoms with Crippen molar-refractivity contribution in [3.8, 4) is 5.75 Å². The highest BCUT2D eigenvalue weighted by Gasteiger charge is 2.22. The summed E-state index contributed by atoms with van der Waals surface area (Å²) in [6.07, 6.45) is 0.607. The van der Waals surface area contributed by atoms with Gasteiger partial charge in [-0.1, -0.05) is 13.0 Å². The van der Waals surface area contributed by atoms with Crippen LogP contribution in [0.4, 0.5) is 5.69 Å². The maximum absolute atomic E-state index is 12.1.